The van der Waals surface area contributed by atoms with E-state index in [0.717, 1.165) is 0 Å². The molecule has 0 saturated carbocycles. The third-order valence-corrected chi connectivity index (χ3v) is 11.3. The molecule has 3 rings (SSSR count). The summed E-state index contributed by atoms with van der Waals surface area (Å²) in [7, 11) is -11.4. The largest absolute Gasteiger partial charge is 0.498 e. The molecular formula is C28H25F9O5S2. The number of halogens is 9. The van der Waals surface area contributed by atoms with Gasteiger partial charge < -0.3 is 9.47 Å². The number of hydrogen-bond donors (Lipinski definition) is 0. The third kappa shape index (κ3) is 6.11. The van der Waals surface area contributed by atoms with E-state index in [4.69, 9.17) is 13.1 Å². The Morgan fingerprint density at radius 3 is 1.57 bits per heavy atom. The maximum absolute atomic E-state index is 15.0. The Balaban J connectivity index is 2.35. The summed E-state index contributed by atoms with van der Waals surface area (Å²) < 4.78 is 167. The fourth-order valence-electron chi connectivity index (χ4n) is 4.02. The van der Waals surface area contributed by atoms with E-state index in [1.165, 1.54) is 92.9 Å². The number of alkyl halides is 9. The summed E-state index contributed by atoms with van der Waals surface area (Å²) in [5.41, 5.74) is 0.563. The fourth-order valence-corrected chi connectivity index (χ4v) is 9.41. The van der Waals surface area contributed by atoms with Crippen LogP contribution in [0.2, 0.25) is 0 Å². The summed E-state index contributed by atoms with van der Waals surface area (Å²) in [4.78, 5) is -0.587. The molecule has 0 bridgehead atoms. The fraction of sp³-hybridized carbons (Fsp3) is 0.286. The van der Waals surface area contributed by atoms with Crippen LogP contribution in [0.4, 0.5) is 39.5 Å². The molecule has 0 amide bonds. The Labute approximate surface area is 248 Å². The van der Waals surface area contributed by atoms with Gasteiger partial charge in [0, 0.05) is 14.7 Å². The smallest absolute Gasteiger partial charge is 0.460 e. The van der Waals surface area contributed by atoms with E-state index in [2.05, 4.69) is 6.58 Å². The van der Waals surface area contributed by atoms with Gasteiger partial charge in [-0.3, -0.25) is 0 Å². The molecular weight excluding hydrogens is 651 g/mol. The van der Waals surface area contributed by atoms with Crippen LogP contribution in [0.3, 0.4) is 0 Å². The lowest BCUT2D eigenvalue weighted by Crippen LogP contribution is -2.63. The highest BCUT2D eigenvalue weighted by molar-refractivity contribution is 8.33. The molecule has 16 heteroatoms. The van der Waals surface area contributed by atoms with E-state index in [1.807, 2.05) is 0 Å². The second kappa shape index (κ2) is 12.6. The molecule has 0 N–H and O–H groups in total. The molecule has 0 aromatic heterocycles. The molecule has 3 aromatic carbocycles. The molecule has 242 valence electrons. The van der Waals surface area contributed by atoms with Gasteiger partial charge in [-0.2, -0.15) is 47.9 Å². The van der Waals surface area contributed by atoms with E-state index in [0.29, 0.717) is 0 Å². The average Bonchev–Trinajstić information content (AvgIpc) is 2.95. The Bertz CT molecular complexity index is 1500. The summed E-state index contributed by atoms with van der Waals surface area (Å²) in [6.07, 6.45) is -6.07. The van der Waals surface area contributed by atoms with Gasteiger partial charge in [-0.15, -0.1) is 0 Å². The summed E-state index contributed by atoms with van der Waals surface area (Å²) in [5, 5.41) is -7.07. The Morgan fingerprint density at radius 2 is 1.16 bits per heavy atom. The number of benzene rings is 3. The number of rotatable bonds is 13. The minimum absolute atomic E-state index is 0.0159. The van der Waals surface area contributed by atoms with Gasteiger partial charge in [0.25, 0.3) is 0 Å². The zero-order valence-corrected chi connectivity index (χ0v) is 24.5. The average molecular weight is 677 g/mol. The van der Waals surface area contributed by atoms with Crippen molar-refractivity contribution >= 4 is 20.4 Å². The van der Waals surface area contributed by atoms with Crippen molar-refractivity contribution in [1.82, 2.24) is 0 Å². The monoisotopic (exact) mass is 676 g/mol. The molecule has 0 saturated heterocycles. The summed E-state index contributed by atoms with van der Waals surface area (Å²) in [6.45, 7) is 6.46. The van der Waals surface area contributed by atoms with Gasteiger partial charge in [0.1, 0.15) is 19.0 Å². The summed E-state index contributed by atoms with van der Waals surface area (Å²) in [5.74, 6) is -14.7. The van der Waals surface area contributed by atoms with Crippen LogP contribution < -0.4 is 4.74 Å². The lowest BCUT2D eigenvalue weighted by Gasteiger charge is -2.41. The first kappa shape index (κ1) is 35.1. The molecule has 0 atom stereocenters. The van der Waals surface area contributed by atoms with Crippen molar-refractivity contribution < 1.29 is 61.0 Å². The van der Waals surface area contributed by atoms with Crippen LogP contribution in [0.25, 0.3) is 0 Å². The van der Waals surface area contributed by atoms with Crippen molar-refractivity contribution in [1.29, 1.82) is 0 Å². The lowest BCUT2D eigenvalue weighted by molar-refractivity contribution is -0.382. The van der Waals surface area contributed by atoms with Gasteiger partial charge in [-0.1, -0.05) is 43.0 Å². The molecule has 0 spiro atoms. The Kier molecular flexibility index (Phi) is 10.0. The van der Waals surface area contributed by atoms with Crippen molar-refractivity contribution in [2.75, 3.05) is 13.2 Å². The van der Waals surface area contributed by atoms with E-state index >= 15 is 8.78 Å². The maximum atomic E-state index is 15.0. The number of aryl methyl sites for hydroxylation is 2. The number of ether oxygens (including phenoxy) is 2. The normalized spacial score (nSPS) is 13.8. The molecule has 0 aliphatic heterocycles. The van der Waals surface area contributed by atoms with Gasteiger partial charge in [0.05, 0.1) is 6.26 Å². The standard InChI is InChI=1S/C28H25F9O5S2/c1-4-40-15-16-41-24-19(2)17-23(18-20(24)3)43(21-11-7-5-8-12-21,22-13-9-6-10-14-22)42-44(38,39)28(36,37)26(31,32)25(29,30)27(33,34)35/h4-14,17-18H,1,15-16H2,2-3H3. The molecule has 5 nitrogen and oxygen atoms in total. The van der Waals surface area contributed by atoms with Crippen LogP contribution in [0.5, 0.6) is 5.75 Å². The molecule has 0 radical (unpaired) electrons. The van der Waals surface area contributed by atoms with Gasteiger partial charge >= 0.3 is 33.4 Å². The highest BCUT2D eigenvalue weighted by Crippen LogP contribution is 2.71. The van der Waals surface area contributed by atoms with Crippen LogP contribution in [0.15, 0.2) is 100 Å². The van der Waals surface area contributed by atoms with Crippen LogP contribution in [0, 0.1) is 13.8 Å². The van der Waals surface area contributed by atoms with Crippen molar-refractivity contribution in [2.24, 2.45) is 0 Å². The first-order valence-electron chi connectivity index (χ1n) is 12.3. The van der Waals surface area contributed by atoms with Crippen molar-refractivity contribution in [3.05, 3.63) is 96.8 Å². The van der Waals surface area contributed by atoms with Gasteiger partial charge in [-0.05, 0) is 71.7 Å². The first-order valence-corrected chi connectivity index (χ1v) is 15.3. The third-order valence-electron chi connectivity index (χ3n) is 6.10. The second-order valence-corrected chi connectivity index (χ2v) is 13.6. The molecule has 44 heavy (non-hydrogen) atoms. The molecule has 0 unspecified atom stereocenters. The van der Waals surface area contributed by atoms with Crippen molar-refractivity contribution in [3.63, 3.8) is 0 Å². The molecule has 0 fully saturated rings. The zero-order valence-electron chi connectivity index (χ0n) is 22.9. The Morgan fingerprint density at radius 1 is 0.705 bits per heavy atom. The van der Waals surface area contributed by atoms with E-state index in [9.17, 15) is 39.2 Å². The van der Waals surface area contributed by atoms with Crippen molar-refractivity contribution in [3.8, 4) is 5.75 Å². The van der Waals surface area contributed by atoms with E-state index in [-0.39, 0.29) is 44.8 Å². The lowest BCUT2D eigenvalue weighted by atomic mass is 10.1. The maximum Gasteiger partial charge on any atom is 0.460 e. The minimum Gasteiger partial charge on any atom is -0.498 e. The number of hydrogen-bond acceptors (Lipinski definition) is 5. The summed E-state index contributed by atoms with van der Waals surface area (Å²) in [6, 6.07) is 15.5. The predicted molar refractivity (Wildman–Crippen MR) is 144 cm³/mol. The minimum atomic E-state index is -7.48. The van der Waals surface area contributed by atoms with Gasteiger partial charge in [-0.25, -0.2) is 3.63 Å². The topological polar surface area (TPSA) is 61.8 Å². The van der Waals surface area contributed by atoms with Crippen molar-refractivity contribution in [2.45, 2.75) is 51.8 Å². The molecule has 3 aromatic rings. The Hall–Kier alpha value is -3.37. The van der Waals surface area contributed by atoms with Crippen LogP contribution in [0.1, 0.15) is 11.1 Å². The zero-order chi connectivity index (χ0) is 33.2. The van der Waals surface area contributed by atoms with E-state index < -0.39 is 43.7 Å². The van der Waals surface area contributed by atoms with Crippen LogP contribution in [-0.2, 0) is 18.5 Å². The van der Waals surface area contributed by atoms with Gasteiger partial charge in [0.2, 0.25) is 0 Å². The van der Waals surface area contributed by atoms with E-state index in [1.54, 1.807) is 0 Å². The highest BCUT2D eigenvalue weighted by Gasteiger charge is 2.86. The molecule has 0 aliphatic rings. The molecule has 0 aliphatic carbocycles. The molecule has 0 heterocycles. The first-order chi connectivity index (χ1) is 20.3. The van der Waals surface area contributed by atoms with Crippen LogP contribution in [-0.4, -0.2) is 44.9 Å². The predicted octanol–water partition coefficient (Wildman–Crippen LogP) is 8.81. The van der Waals surface area contributed by atoms with Crippen LogP contribution >= 0.6 is 10.3 Å². The second-order valence-electron chi connectivity index (χ2n) is 9.14. The summed E-state index contributed by atoms with van der Waals surface area (Å²) >= 11 is 0. The quantitative estimate of drug-likeness (QED) is 0.103. The van der Waals surface area contributed by atoms with Gasteiger partial charge in [0.15, 0.2) is 0 Å². The highest BCUT2D eigenvalue weighted by atomic mass is 32.3. The SMILES string of the molecule is C=COCCOc1c(C)cc(S(OS(=O)(=O)C(F)(F)C(F)(F)C(F)(F)C(F)(F)F)(c2ccccc2)c2ccccc2)cc1C.